The van der Waals surface area contributed by atoms with Gasteiger partial charge in [0.2, 0.25) is 0 Å². The molecule has 0 aromatic heterocycles. The minimum absolute atomic E-state index is 0.168. The largest absolute Gasteiger partial charge is 0.392 e. The van der Waals surface area contributed by atoms with Gasteiger partial charge in [-0.25, -0.2) is 0 Å². The van der Waals surface area contributed by atoms with Crippen molar-refractivity contribution in [3.8, 4) is 0 Å². The van der Waals surface area contributed by atoms with Crippen LogP contribution in [0.3, 0.4) is 0 Å². The highest BCUT2D eigenvalue weighted by molar-refractivity contribution is 5.28. The van der Waals surface area contributed by atoms with E-state index in [0.717, 1.165) is 12.0 Å². The summed E-state index contributed by atoms with van der Waals surface area (Å²) in [5, 5.41) is 32.4. The Balaban J connectivity index is 1.59. The predicted octanol–water partition coefficient (Wildman–Crippen LogP) is 2.03. The van der Waals surface area contributed by atoms with Crippen molar-refractivity contribution in [2.24, 2.45) is 17.8 Å². The quantitative estimate of drug-likeness (QED) is 0.717. The summed E-state index contributed by atoms with van der Waals surface area (Å²) in [7, 11) is 0. The number of fused-ring (bicyclic) bond motifs is 2. The van der Waals surface area contributed by atoms with E-state index < -0.39 is 11.7 Å². The van der Waals surface area contributed by atoms with Crippen molar-refractivity contribution in [1.29, 1.82) is 0 Å². The molecule has 1 aromatic carbocycles. The van der Waals surface area contributed by atoms with E-state index in [1.807, 2.05) is 42.6 Å². The second-order valence-corrected chi connectivity index (χ2v) is 7.77. The smallest absolute Gasteiger partial charge is 0.0971 e. The van der Waals surface area contributed by atoms with E-state index in [2.05, 4.69) is 17.1 Å². The molecule has 1 fully saturated rings. The highest BCUT2D eigenvalue weighted by atomic mass is 16.3. The fraction of sp³-hybridized carbons (Fsp3) is 0.524. The molecule has 6 atom stereocenters. The van der Waals surface area contributed by atoms with E-state index in [4.69, 9.17) is 0 Å². The van der Waals surface area contributed by atoms with Crippen LogP contribution in [0.15, 0.2) is 54.8 Å². The van der Waals surface area contributed by atoms with Gasteiger partial charge in [-0.15, -0.1) is 0 Å². The second-order valence-electron chi connectivity index (χ2n) is 7.77. The molecule has 0 saturated heterocycles. The lowest BCUT2D eigenvalue weighted by molar-refractivity contribution is -0.0908. The average molecular weight is 341 g/mol. The van der Waals surface area contributed by atoms with Gasteiger partial charge >= 0.3 is 0 Å². The van der Waals surface area contributed by atoms with Gasteiger partial charge in [0.05, 0.1) is 17.8 Å². The Bertz CT molecular complexity index is 658. The van der Waals surface area contributed by atoms with Crippen molar-refractivity contribution < 1.29 is 15.3 Å². The molecule has 2 bridgehead atoms. The lowest BCUT2D eigenvalue weighted by Gasteiger charge is -2.41. The number of nitrogens with zero attached hydrogens (tertiary/aromatic N) is 1. The maximum Gasteiger partial charge on any atom is 0.0971 e. The molecule has 0 radical (unpaired) electrons. The number of hydrogen-bond donors (Lipinski definition) is 3. The molecular weight excluding hydrogens is 314 g/mol. The SMILES string of the molecule is OC1CC=CN(CCC(O)(c2ccccc2)C2C3C=CC(C3)C2O)C1. The van der Waals surface area contributed by atoms with Crippen LogP contribution >= 0.6 is 0 Å². The monoisotopic (exact) mass is 341 g/mol. The van der Waals surface area contributed by atoms with Gasteiger partial charge in [-0.05, 0) is 36.9 Å². The molecule has 25 heavy (non-hydrogen) atoms. The first-order valence-electron chi connectivity index (χ1n) is 9.31. The second kappa shape index (κ2) is 6.60. The summed E-state index contributed by atoms with van der Waals surface area (Å²) in [6.07, 6.45) is 9.57. The molecule has 0 amide bonds. The highest BCUT2D eigenvalue weighted by Gasteiger charge is 2.54. The van der Waals surface area contributed by atoms with Crippen LogP contribution in [0.2, 0.25) is 0 Å². The Morgan fingerprint density at radius 2 is 1.84 bits per heavy atom. The van der Waals surface area contributed by atoms with Crippen LogP contribution in [-0.2, 0) is 5.60 Å². The lowest BCUT2D eigenvalue weighted by Crippen LogP contribution is -2.46. The first-order valence-corrected chi connectivity index (χ1v) is 9.31. The van der Waals surface area contributed by atoms with Crippen LogP contribution < -0.4 is 0 Å². The molecular formula is C21H27NO3. The number of aliphatic hydroxyl groups excluding tert-OH is 2. The summed E-state index contributed by atoms with van der Waals surface area (Å²) in [5.74, 6) is 0.221. The summed E-state index contributed by atoms with van der Waals surface area (Å²) >= 11 is 0. The molecule has 3 aliphatic rings. The molecule has 6 unspecified atom stereocenters. The van der Waals surface area contributed by atoms with Crippen LogP contribution in [0.5, 0.6) is 0 Å². The third-order valence-corrected chi connectivity index (χ3v) is 6.19. The maximum absolute atomic E-state index is 11.8. The molecule has 4 rings (SSSR count). The maximum atomic E-state index is 11.8. The van der Waals surface area contributed by atoms with Crippen LogP contribution in [0.25, 0.3) is 0 Å². The molecule has 2 aliphatic carbocycles. The van der Waals surface area contributed by atoms with Crippen LogP contribution in [-0.4, -0.2) is 45.5 Å². The van der Waals surface area contributed by atoms with E-state index in [-0.39, 0.29) is 23.9 Å². The van der Waals surface area contributed by atoms with Crippen molar-refractivity contribution in [3.05, 3.63) is 60.3 Å². The minimum Gasteiger partial charge on any atom is -0.392 e. The molecule has 1 saturated carbocycles. The normalized spacial score (nSPS) is 36.0. The van der Waals surface area contributed by atoms with Crippen molar-refractivity contribution in [1.82, 2.24) is 4.90 Å². The van der Waals surface area contributed by atoms with Gasteiger partial charge in [0.15, 0.2) is 0 Å². The van der Waals surface area contributed by atoms with Crippen molar-refractivity contribution >= 4 is 0 Å². The Kier molecular flexibility index (Phi) is 4.44. The van der Waals surface area contributed by atoms with Crippen LogP contribution in [0.4, 0.5) is 0 Å². The number of hydrogen-bond acceptors (Lipinski definition) is 4. The van der Waals surface area contributed by atoms with Gasteiger partial charge in [0.1, 0.15) is 0 Å². The standard InChI is InChI=1S/C21H27NO3/c23-18-7-4-11-22(14-18)12-10-21(25,17-5-2-1-3-6-17)19-15-8-9-16(13-15)20(19)24/h1-6,8-9,11,15-16,18-20,23-25H,7,10,12-14H2. The van der Waals surface area contributed by atoms with Crippen molar-refractivity contribution in [2.45, 2.75) is 37.1 Å². The molecule has 1 aliphatic heterocycles. The Morgan fingerprint density at radius 3 is 2.52 bits per heavy atom. The first-order chi connectivity index (χ1) is 12.1. The number of allylic oxidation sites excluding steroid dienone is 1. The zero-order valence-corrected chi connectivity index (χ0v) is 14.4. The van der Waals surface area contributed by atoms with E-state index in [1.165, 1.54) is 0 Å². The number of benzene rings is 1. The predicted molar refractivity (Wildman–Crippen MR) is 96.5 cm³/mol. The molecule has 4 nitrogen and oxygen atoms in total. The summed E-state index contributed by atoms with van der Waals surface area (Å²) in [6.45, 7) is 1.25. The zero-order valence-electron chi connectivity index (χ0n) is 14.4. The van der Waals surface area contributed by atoms with Gasteiger partial charge in [-0.3, -0.25) is 0 Å². The van der Waals surface area contributed by atoms with Gasteiger partial charge < -0.3 is 20.2 Å². The van der Waals surface area contributed by atoms with Crippen LogP contribution in [0.1, 0.15) is 24.8 Å². The average Bonchev–Trinajstić information content (AvgIpc) is 3.22. The van der Waals surface area contributed by atoms with E-state index in [9.17, 15) is 15.3 Å². The van der Waals surface area contributed by atoms with E-state index >= 15 is 0 Å². The summed E-state index contributed by atoms with van der Waals surface area (Å²) in [6, 6.07) is 9.76. The van der Waals surface area contributed by atoms with E-state index in [1.54, 1.807) is 0 Å². The van der Waals surface area contributed by atoms with Gasteiger partial charge in [-0.1, -0.05) is 48.6 Å². The summed E-state index contributed by atoms with van der Waals surface area (Å²) < 4.78 is 0. The topological polar surface area (TPSA) is 63.9 Å². The minimum atomic E-state index is -1.07. The summed E-state index contributed by atoms with van der Waals surface area (Å²) in [4.78, 5) is 2.07. The molecule has 0 spiro atoms. The molecule has 4 heteroatoms. The first kappa shape index (κ1) is 16.8. The third kappa shape index (κ3) is 3.03. The highest BCUT2D eigenvalue weighted by Crippen LogP contribution is 2.52. The summed E-state index contributed by atoms with van der Waals surface area (Å²) in [5.41, 5.74) is -0.192. The molecule has 1 heterocycles. The fourth-order valence-corrected chi connectivity index (χ4v) is 4.92. The lowest BCUT2D eigenvalue weighted by atomic mass is 9.71. The molecule has 1 aromatic rings. The van der Waals surface area contributed by atoms with Gasteiger partial charge in [0.25, 0.3) is 0 Å². The number of β-amino-alcohol motifs (C(OH)–C–C–N with tert-alkyl or cyclic N) is 1. The Morgan fingerprint density at radius 1 is 1.08 bits per heavy atom. The third-order valence-electron chi connectivity index (χ3n) is 6.19. The Labute approximate surface area is 149 Å². The number of aliphatic hydroxyl groups is 3. The van der Waals surface area contributed by atoms with Gasteiger partial charge in [0, 0.05) is 24.9 Å². The molecule has 3 N–H and O–H groups in total. The number of rotatable bonds is 5. The Hall–Kier alpha value is -1.62. The van der Waals surface area contributed by atoms with E-state index in [0.29, 0.717) is 25.9 Å². The fourth-order valence-electron chi connectivity index (χ4n) is 4.92. The van der Waals surface area contributed by atoms with Crippen LogP contribution in [0, 0.1) is 17.8 Å². The van der Waals surface area contributed by atoms with Crippen molar-refractivity contribution in [3.63, 3.8) is 0 Å². The molecule has 134 valence electrons. The zero-order chi connectivity index (χ0) is 17.4. The van der Waals surface area contributed by atoms with Crippen molar-refractivity contribution in [2.75, 3.05) is 13.1 Å². The van der Waals surface area contributed by atoms with Gasteiger partial charge in [-0.2, -0.15) is 0 Å².